The van der Waals surface area contributed by atoms with Gasteiger partial charge in [-0.15, -0.1) is 0 Å². The van der Waals surface area contributed by atoms with Crippen molar-refractivity contribution in [2.75, 3.05) is 7.05 Å². The summed E-state index contributed by atoms with van der Waals surface area (Å²) in [5.74, 6) is -2.66. The number of hydrogen-bond donors (Lipinski definition) is 4. The molecular formula is C29H53FN2O6. The minimum Gasteiger partial charge on any atom is -0.481 e. The molecule has 1 amide bonds. The number of carboxylic acid groups (broad SMARTS) is 2. The second kappa shape index (κ2) is 12.0. The SMILES string of the molecule is CNC(CC(C)(C)C(=O)O)C(C)(C)CC(C)(C)C(=O)NC(CC(C)(C)C(=O)O)C(C)(F)CC(C)(C)C(C)=O. The largest absolute Gasteiger partial charge is 0.481 e. The van der Waals surface area contributed by atoms with Crippen molar-refractivity contribution in [1.29, 1.82) is 0 Å². The van der Waals surface area contributed by atoms with Gasteiger partial charge in [-0.3, -0.25) is 19.2 Å². The monoisotopic (exact) mass is 544 g/mol. The minimum atomic E-state index is -2.07. The molecule has 0 spiro atoms. The third-order valence-corrected chi connectivity index (χ3v) is 8.16. The molecule has 8 nitrogen and oxygen atoms in total. The number of carbonyl (C=O) groups excluding carboxylic acids is 2. The molecule has 9 heteroatoms. The van der Waals surface area contributed by atoms with Gasteiger partial charge in [0.15, 0.2) is 0 Å². The number of carbonyl (C=O) groups is 4. The summed E-state index contributed by atoms with van der Waals surface area (Å²) in [5, 5.41) is 25.3. The van der Waals surface area contributed by atoms with Gasteiger partial charge in [0, 0.05) is 16.9 Å². The van der Waals surface area contributed by atoms with E-state index < -0.39 is 56.6 Å². The Labute approximate surface area is 228 Å². The number of alkyl halides is 1. The van der Waals surface area contributed by atoms with E-state index in [9.17, 15) is 29.4 Å². The number of hydrogen-bond acceptors (Lipinski definition) is 5. The number of amides is 1. The van der Waals surface area contributed by atoms with Crippen molar-refractivity contribution in [1.82, 2.24) is 10.6 Å². The molecule has 0 aliphatic heterocycles. The molecule has 4 N–H and O–H groups in total. The van der Waals surface area contributed by atoms with Crippen molar-refractivity contribution in [2.24, 2.45) is 27.1 Å². The van der Waals surface area contributed by atoms with Crippen LogP contribution < -0.4 is 10.6 Å². The van der Waals surface area contributed by atoms with Crippen LogP contribution in [0.3, 0.4) is 0 Å². The lowest BCUT2D eigenvalue weighted by molar-refractivity contribution is -0.149. The van der Waals surface area contributed by atoms with Gasteiger partial charge in [0.1, 0.15) is 11.5 Å². The van der Waals surface area contributed by atoms with Crippen LogP contribution in [0.15, 0.2) is 0 Å². The quantitative estimate of drug-likeness (QED) is 0.209. The summed E-state index contributed by atoms with van der Waals surface area (Å²) in [4.78, 5) is 49.4. The van der Waals surface area contributed by atoms with Crippen LogP contribution in [0.2, 0.25) is 0 Å². The number of aliphatic carboxylic acids is 2. The highest BCUT2D eigenvalue weighted by Crippen LogP contribution is 2.42. The van der Waals surface area contributed by atoms with Crippen molar-refractivity contribution in [2.45, 2.75) is 127 Å². The Morgan fingerprint density at radius 1 is 0.684 bits per heavy atom. The normalized spacial score (nSPS) is 16.8. The molecule has 0 aromatic heterocycles. The number of Topliss-reactive ketones (excluding diaryl/α,β-unsaturated/α-hetero) is 1. The van der Waals surface area contributed by atoms with Gasteiger partial charge in [0.25, 0.3) is 0 Å². The summed E-state index contributed by atoms with van der Waals surface area (Å²) in [6.07, 6.45) is 0.333. The molecule has 0 aliphatic rings. The predicted octanol–water partition coefficient (Wildman–Crippen LogP) is 5.24. The first-order chi connectivity index (χ1) is 16.6. The van der Waals surface area contributed by atoms with E-state index in [1.54, 1.807) is 48.6 Å². The molecule has 0 radical (unpaired) electrons. The Hall–Kier alpha value is -2.03. The van der Waals surface area contributed by atoms with Crippen molar-refractivity contribution in [3.05, 3.63) is 0 Å². The van der Waals surface area contributed by atoms with Crippen LogP contribution in [-0.4, -0.2) is 58.6 Å². The Balaban J connectivity index is 6.17. The topological polar surface area (TPSA) is 133 Å². The van der Waals surface area contributed by atoms with Crippen molar-refractivity contribution >= 4 is 23.6 Å². The smallest absolute Gasteiger partial charge is 0.309 e. The van der Waals surface area contributed by atoms with E-state index in [0.717, 1.165) is 0 Å². The van der Waals surface area contributed by atoms with Crippen LogP contribution in [0.5, 0.6) is 0 Å². The maximum atomic E-state index is 16.3. The van der Waals surface area contributed by atoms with Gasteiger partial charge < -0.3 is 20.8 Å². The Morgan fingerprint density at radius 2 is 1.08 bits per heavy atom. The maximum absolute atomic E-state index is 16.3. The summed E-state index contributed by atoms with van der Waals surface area (Å²) < 4.78 is 16.3. The Kier molecular flexibility index (Phi) is 11.4. The van der Waals surface area contributed by atoms with Gasteiger partial charge in [0.2, 0.25) is 5.91 Å². The van der Waals surface area contributed by atoms with Crippen molar-refractivity contribution < 1.29 is 33.8 Å². The summed E-state index contributed by atoms with van der Waals surface area (Å²) in [7, 11) is 1.76. The van der Waals surface area contributed by atoms with Gasteiger partial charge in [-0.1, -0.05) is 41.5 Å². The van der Waals surface area contributed by atoms with E-state index in [1.807, 2.05) is 13.8 Å². The van der Waals surface area contributed by atoms with Gasteiger partial charge in [-0.2, -0.15) is 0 Å². The Bertz CT molecular complexity index is 889. The van der Waals surface area contributed by atoms with E-state index in [-0.39, 0.29) is 24.7 Å². The lowest BCUT2D eigenvalue weighted by Crippen LogP contribution is -2.56. The van der Waals surface area contributed by atoms with Gasteiger partial charge in [-0.25, -0.2) is 4.39 Å². The molecular weight excluding hydrogens is 491 g/mol. The van der Waals surface area contributed by atoms with E-state index in [0.29, 0.717) is 12.8 Å². The molecule has 0 saturated carbocycles. The first-order valence-electron chi connectivity index (χ1n) is 13.3. The first kappa shape index (κ1) is 36.0. The van der Waals surface area contributed by atoms with Gasteiger partial charge in [-0.05, 0) is 79.7 Å². The molecule has 0 aliphatic carbocycles. The van der Waals surface area contributed by atoms with Crippen LogP contribution in [-0.2, 0) is 19.2 Å². The third kappa shape index (κ3) is 9.62. The van der Waals surface area contributed by atoms with E-state index >= 15 is 4.39 Å². The van der Waals surface area contributed by atoms with Gasteiger partial charge in [0.05, 0.1) is 16.9 Å². The van der Waals surface area contributed by atoms with Crippen LogP contribution in [0.25, 0.3) is 0 Å². The number of halogens is 1. The summed E-state index contributed by atoms with van der Waals surface area (Å²) in [5.41, 5.74) is -6.90. The number of carboxylic acids is 2. The predicted molar refractivity (Wildman–Crippen MR) is 148 cm³/mol. The molecule has 0 heterocycles. The van der Waals surface area contributed by atoms with Crippen LogP contribution in [0.4, 0.5) is 4.39 Å². The van der Waals surface area contributed by atoms with Crippen molar-refractivity contribution in [3.63, 3.8) is 0 Å². The molecule has 0 rings (SSSR count). The van der Waals surface area contributed by atoms with Crippen LogP contribution in [0.1, 0.15) is 109 Å². The highest BCUT2D eigenvalue weighted by atomic mass is 19.1. The molecule has 222 valence electrons. The average molecular weight is 545 g/mol. The molecule has 0 aromatic rings. The summed E-state index contributed by atoms with van der Waals surface area (Å²) in [6.45, 7) is 19.7. The van der Waals surface area contributed by atoms with Crippen molar-refractivity contribution in [3.8, 4) is 0 Å². The standard InChI is InChI=1S/C29H53FN2O6/c1-18(33)26(6,7)17-29(12,30)20(15-25(4,5)23(37)38)32-21(34)28(10,11)16-27(8,9)19(31-13)14-24(2,3)22(35)36/h19-20,31H,14-17H2,1-13H3,(H,32,34)(H,35,36)(H,37,38). The number of rotatable bonds is 16. The summed E-state index contributed by atoms with van der Waals surface area (Å²) in [6, 6.07) is -1.39. The highest BCUT2D eigenvalue weighted by molar-refractivity contribution is 5.83. The van der Waals surface area contributed by atoms with E-state index in [4.69, 9.17) is 0 Å². The lowest BCUT2D eigenvalue weighted by atomic mass is 9.67. The molecule has 0 fully saturated rings. The Morgan fingerprint density at radius 3 is 1.42 bits per heavy atom. The van der Waals surface area contributed by atoms with E-state index in [2.05, 4.69) is 10.6 Å². The second-order valence-corrected chi connectivity index (χ2v) is 14.6. The molecule has 3 unspecified atom stereocenters. The fourth-order valence-corrected chi connectivity index (χ4v) is 5.19. The van der Waals surface area contributed by atoms with Crippen LogP contribution >= 0.6 is 0 Å². The highest BCUT2D eigenvalue weighted by Gasteiger charge is 2.48. The molecule has 38 heavy (non-hydrogen) atoms. The maximum Gasteiger partial charge on any atom is 0.309 e. The fraction of sp³-hybridized carbons (Fsp3) is 0.862. The number of nitrogens with one attached hydrogen (secondary N) is 2. The molecule has 0 aromatic carbocycles. The fourth-order valence-electron chi connectivity index (χ4n) is 5.19. The molecule has 0 saturated heterocycles. The lowest BCUT2D eigenvalue weighted by Gasteiger charge is -2.43. The molecule has 0 bridgehead atoms. The third-order valence-electron chi connectivity index (χ3n) is 8.16. The number of ketones is 1. The zero-order chi connectivity index (χ0) is 30.7. The second-order valence-electron chi connectivity index (χ2n) is 14.6. The van der Waals surface area contributed by atoms with Gasteiger partial charge >= 0.3 is 11.9 Å². The summed E-state index contributed by atoms with van der Waals surface area (Å²) >= 11 is 0. The minimum absolute atomic E-state index is 0.166. The first-order valence-corrected chi connectivity index (χ1v) is 13.3. The zero-order valence-corrected chi connectivity index (χ0v) is 25.9. The molecule has 3 atom stereocenters. The van der Waals surface area contributed by atoms with Crippen LogP contribution in [0, 0.1) is 27.1 Å². The zero-order valence-electron chi connectivity index (χ0n) is 25.9. The average Bonchev–Trinajstić information content (AvgIpc) is 2.69. The van der Waals surface area contributed by atoms with E-state index in [1.165, 1.54) is 27.7 Å².